The fourth-order valence-corrected chi connectivity index (χ4v) is 18.0. The summed E-state index contributed by atoms with van der Waals surface area (Å²) >= 11 is 0. The number of benzene rings is 9. The lowest BCUT2D eigenvalue weighted by atomic mass is 9.95. The number of rotatable bonds is 32. The minimum Gasteiger partial charge on any atom is -0.405 e. The lowest BCUT2D eigenvalue weighted by Crippen LogP contribution is -2.69. The highest BCUT2D eigenvalue weighted by Gasteiger charge is 2.58. The summed E-state index contributed by atoms with van der Waals surface area (Å²) in [6, 6.07) is 89.0. The zero-order chi connectivity index (χ0) is 68.9. The van der Waals surface area contributed by atoms with Crippen molar-refractivity contribution in [1.29, 1.82) is 0 Å². The predicted molar refractivity (Wildman–Crippen MR) is 381 cm³/mol. The Morgan fingerprint density at radius 3 is 0.970 bits per heavy atom. The Morgan fingerprint density at radius 2 is 0.610 bits per heavy atom. The van der Waals surface area contributed by atoms with Gasteiger partial charge in [-0.05, 0) is 54.4 Å². The Balaban J connectivity index is 0.994. The van der Waals surface area contributed by atoms with E-state index in [0.29, 0.717) is 0 Å². The quantitative estimate of drug-likeness (QED) is 0.0339. The van der Waals surface area contributed by atoms with Crippen LogP contribution in [0.3, 0.4) is 0 Å². The van der Waals surface area contributed by atoms with Crippen molar-refractivity contribution >= 4 is 18.7 Å². The number of ether oxygens (including phenoxy) is 12. The number of hydrogen-bond acceptors (Lipinski definition) is 16. The van der Waals surface area contributed by atoms with Gasteiger partial charge in [0.2, 0.25) is 0 Å². The molecular formula is C83H92O16Si. The van der Waals surface area contributed by atoms with E-state index in [1.807, 2.05) is 249 Å². The molecule has 12 rings (SSSR count). The molecule has 0 aliphatic carbocycles. The largest absolute Gasteiger partial charge is 0.405 e. The molecule has 100 heavy (non-hydrogen) atoms. The molecule has 0 amide bonds. The van der Waals surface area contributed by atoms with Gasteiger partial charge in [-0.25, -0.2) is 0 Å². The van der Waals surface area contributed by atoms with Crippen molar-refractivity contribution in [1.82, 2.24) is 0 Å². The van der Waals surface area contributed by atoms with Gasteiger partial charge in [-0.2, -0.15) is 0 Å². The third-order valence-corrected chi connectivity index (χ3v) is 23.6. The van der Waals surface area contributed by atoms with Crippen LogP contribution in [-0.4, -0.2) is 136 Å². The Labute approximate surface area is 588 Å². The first-order chi connectivity index (χ1) is 49.0. The number of hydrogen-bond donors (Lipinski definition) is 3. The van der Waals surface area contributed by atoms with Gasteiger partial charge in [-0.3, -0.25) is 0 Å². The highest BCUT2D eigenvalue weighted by Crippen LogP contribution is 2.41. The van der Waals surface area contributed by atoms with Gasteiger partial charge >= 0.3 is 0 Å². The van der Waals surface area contributed by atoms with Crippen LogP contribution in [0.15, 0.2) is 273 Å². The van der Waals surface area contributed by atoms with Crippen LogP contribution in [0.25, 0.3) is 0 Å². The molecule has 15 atom stereocenters. The maximum atomic E-state index is 12.7. The number of aliphatic hydroxyl groups is 3. The second kappa shape index (κ2) is 35.9. The van der Waals surface area contributed by atoms with Gasteiger partial charge in [-0.1, -0.05) is 294 Å². The molecule has 9 aromatic rings. The molecule has 16 nitrogen and oxygen atoms in total. The summed E-state index contributed by atoms with van der Waals surface area (Å²) in [5.41, 5.74) is 6.04. The molecular weight excluding hydrogens is 1280 g/mol. The Bertz CT molecular complexity index is 3720. The molecule has 0 saturated carbocycles. The first kappa shape index (κ1) is 72.3. The molecule has 17 heteroatoms. The van der Waals surface area contributed by atoms with E-state index in [1.165, 1.54) is 0 Å². The van der Waals surface area contributed by atoms with Crippen LogP contribution in [0, 0.1) is 0 Å². The first-order valence-electron chi connectivity index (χ1n) is 34.6. The summed E-state index contributed by atoms with van der Waals surface area (Å²) in [6.45, 7) is 6.51. The second-order valence-electron chi connectivity index (χ2n) is 26.6. The van der Waals surface area contributed by atoms with Crippen LogP contribution in [0.5, 0.6) is 0 Å². The average molecular weight is 1370 g/mol. The highest BCUT2D eigenvalue weighted by molar-refractivity contribution is 6.99. The molecule has 0 aromatic heterocycles. The van der Waals surface area contributed by atoms with Crippen molar-refractivity contribution in [3.8, 4) is 0 Å². The standard InChI is InChI=1S/C83H92O16Si/c1-83(2,3)100(66-45-27-11-28-46-66,67-47-29-12-30-48-67)94-58-70-73(75(89-52-61-35-17-6-18-36-61)77(80(86)95-70)91-54-63-39-21-8-22-40-63)99-82-79(93-56-65-43-25-10-26-44-65)76(90-53-62-37-19-7-20-38-62)72(69(97-82)57-87-50-59-31-13-4-14-32-59)98-81-78(92-55-64-41-23-9-24-42-64)74(71(85)68(49-84)96-81)88-51-60-33-15-5-16-34-60/h4-48,68-82,84-86H,49-58H2,1-3H3/t68-,69-,70-,71-,72-,73-,74+,75+,76+,77-,78-,79-,80?,81-,82-/m1/s1. The third kappa shape index (κ3) is 18.6. The summed E-state index contributed by atoms with van der Waals surface area (Å²) in [5, 5.41) is 37.7. The van der Waals surface area contributed by atoms with Crippen molar-refractivity contribution in [2.45, 2.75) is 164 Å². The average Bonchev–Trinajstić information content (AvgIpc) is 0.748. The fourth-order valence-electron chi connectivity index (χ4n) is 13.5. The van der Waals surface area contributed by atoms with E-state index in [9.17, 15) is 15.3 Å². The second-order valence-corrected chi connectivity index (χ2v) is 30.9. The maximum absolute atomic E-state index is 12.7. The zero-order valence-electron chi connectivity index (χ0n) is 56.9. The molecule has 0 spiro atoms. The SMILES string of the molecule is CC(C)(C)[Si](OC[C@H]1OC(O)[C@H](OCc2ccccc2)[C@@H](OCc2ccccc2)[C@@H]1O[C@H]1O[C@H](COCc2ccccc2)[C@@H](O[C@H]2O[C@H](CO)[C@@H](O)[C@H](OCc3ccccc3)[C@H]2OCc2ccccc2)[C@H](OCc2ccccc2)[C@H]1OCc1ccccc1)(c1ccccc1)c1ccccc1. The Hall–Kier alpha value is -7.44. The monoisotopic (exact) mass is 1370 g/mol. The van der Waals surface area contributed by atoms with Crippen LogP contribution in [0.2, 0.25) is 5.04 Å². The van der Waals surface area contributed by atoms with Crippen LogP contribution in [0.4, 0.5) is 0 Å². The molecule has 3 saturated heterocycles. The van der Waals surface area contributed by atoms with E-state index in [4.69, 9.17) is 61.3 Å². The summed E-state index contributed by atoms with van der Waals surface area (Å²) in [5.74, 6) is 0. The zero-order valence-corrected chi connectivity index (χ0v) is 57.9. The van der Waals surface area contributed by atoms with Crippen LogP contribution < -0.4 is 10.4 Å². The van der Waals surface area contributed by atoms with Gasteiger partial charge in [-0.15, -0.1) is 0 Å². The van der Waals surface area contributed by atoms with Crippen molar-refractivity contribution in [2.24, 2.45) is 0 Å². The fraction of sp³-hybridized carbons (Fsp3) is 0.349. The topological polar surface area (TPSA) is 181 Å². The van der Waals surface area contributed by atoms with Crippen molar-refractivity contribution < 1.29 is 76.6 Å². The molecule has 3 heterocycles. The minimum absolute atomic E-state index is 0.0513. The predicted octanol–water partition coefficient (Wildman–Crippen LogP) is 11.6. The van der Waals surface area contributed by atoms with E-state index in [0.717, 1.165) is 49.3 Å². The van der Waals surface area contributed by atoms with Crippen molar-refractivity contribution in [2.75, 3.05) is 19.8 Å². The van der Waals surface area contributed by atoms with E-state index in [1.54, 1.807) is 0 Å². The molecule has 3 aliphatic heterocycles. The summed E-state index contributed by atoms with van der Waals surface area (Å²) in [4.78, 5) is 0. The highest BCUT2D eigenvalue weighted by atomic mass is 28.4. The smallest absolute Gasteiger partial charge is 0.261 e. The van der Waals surface area contributed by atoms with Crippen molar-refractivity contribution in [3.63, 3.8) is 0 Å². The first-order valence-corrected chi connectivity index (χ1v) is 36.5. The van der Waals surface area contributed by atoms with Crippen LogP contribution in [-0.2, 0) is 108 Å². The third-order valence-electron chi connectivity index (χ3n) is 18.6. The molecule has 3 aliphatic rings. The lowest BCUT2D eigenvalue weighted by Gasteiger charge is -2.51. The Morgan fingerprint density at radius 1 is 0.320 bits per heavy atom. The molecule has 524 valence electrons. The van der Waals surface area contributed by atoms with E-state index in [-0.39, 0.29) is 59.5 Å². The van der Waals surface area contributed by atoms with Gasteiger partial charge < -0.3 is 76.6 Å². The molecule has 3 N–H and O–H groups in total. The van der Waals surface area contributed by atoms with Crippen LogP contribution >= 0.6 is 0 Å². The molecule has 9 aromatic carbocycles. The normalized spacial score (nSPS) is 25.7. The summed E-state index contributed by atoms with van der Waals surface area (Å²) in [6.07, 6.45) is -18.1. The van der Waals surface area contributed by atoms with Crippen LogP contribution in [0.1, 0.15) is 59.7 Å². The Kier molecular flexibility index (Phi) is 26.0. The van der Waals surface area contributed by atoms with E-state index >= 15 is 0 Å². The van der Waals surface area contributed by atoms with E-state index < -0.39 is 112 Å². The number of aliphatic hydroxyl groups excluding tert-OH is 3. The molecule has 0 bridgehead atoms. The van der Waals surface area contributed by atoms with Gasteiger partial charge in [0.15, 0.2) is 18.9 Å². The van der Waals surface area contributed by atoms with E-state index in [2.05, 4.69) is 45.0 Å². The summed E-state index contributed by atoms with van der Waals surface area (Å²) in [7, 11) is -3.34. The minimum atomic E-state index is -3.34. The molecule has 3 fully saturated rings. The van der Waals surface area contributed by atoms with Crippen molar-refractivity contribution in [3.05, 3.63) is 312 Å². The van der Waals surface area contributed by atoms with Gasteiger partial charge in [0.05, 0.1) is 66.1 Å². The van der Waals surface area contributed by atoms with Gasteiger partial charge in [0, 0.05) is 0 Å². The van der Waals surface area contributed by atoms with Gasteiger partial charge in [0.25, 0.3) is 8.32 Å². The molecule has 0 radical (unpaired) electrons. The maximum Gasteiger partial charge on any atom is 0.261 e. The lowest BCUT2D eigenvalue weighted by molar-refractivity contribution is -0.392. The van der Waals surface area contributed by atoms with Gasteiger partial charge in [0.1, 0.15) is 73.2 Å². The summed E-state index contributed by atoms with van der Waals surface area (Å²) < 4.78 is 93.6. The molecule has 1 unspecified atom stereocenters.